The summed E-state index contributed by atoms with van der Waals surface area (Å²) >= 11 is 1.68. The molecule has 0 spiro atoms. The number of benzene rings is 1. The summed E-state index contributed by atoms with van der Waals surface area (Å²) in [5.41, 5.74) is 1.75. The average Bonchev–Trinajstić information content (AvgIpc) is 3.28. The number of hydrogen-bond acceptors (Lipinski definition) is 5. The predicted octanol–water partition coefficient (Wildman–Crippen LogP) is 3.80. The van der Waals surface area contributed by atoms with Gasteiger partial charge in [0, 0.05) is 30.6 Å². The Bertz CT molecular complexity index is 1010. The molecule has 1 N–H and O–H groups in total. The van der Waals surface area contributed by atoms with Crippen molar-refractivity contribution < 1.29 is 13.2 Å². The molecule has 0 aliphatic carbocycles. The molecule has 2 aliphatic heterocycles. The van der Waals surface area contributed by atoms with Crippen LogP contribution in [0.5, 0.6) is 0 Å². The summed E-state index contributed by atoms with van der Waals surface area (Å²) in [5, 5.41) is 2.05. The van der Waals surface area contributed by atoms with Crippen LogP contribution in [0, 0.1) is 5.92 Å². The quantitative estimate of drug-likeness (QED) is 0.710. The third-order valence-corrected chi connectivity index (χ3v) is 8.85. The van der Waals surface area contributed by atoms with Crippen LogP contribution in [-0.4, -0.2) is 45.4 Å². The molecule has 0 bridgehead atoms. The zero-order valence-electron chi connectivity index (χ0n) is 18.2. The minimum Gasteiger partial charge on any atom is -0.312 e. The van der Waals surface area contributed by atoms with E-state index in [9.17, 15) is 13.2 Å². The van der Waals surface area contributed by atoms with Crippen molar-refractivity contribution in [2.45, 2.75) is 50.5 Å². The predicted molar refractivity (Wildman–Crippen MR) is 125 cm³/mol. The van der Waals surface area contributed by atoms with E-state index in [1.165, 1.54) is 4.88 Å². The summed E-state index contributed by atoms with van der Waals surface area (Å²) in [6.45, 7) is 6.85. The Labute approximate surface area is 189 Å². The lowest BCUT2D eigenvalue weighted by atomic mass is 9.97. The number of hydrogen-bond donors (Lipinski definition) is 1. The molecule has 1 aromatic carbocycles. The van der Waals surface area contributed by atoms with E-state index in [0.29, 0.717) is 13.1 Å². The van der Waals surface area contributed by atoms with Crippen molar-refractivity contribution in [3.05, 3.63) is 46.2 Å². The zero-order valence-corrected chi connectivity index (χ0v) is 19.8. The maximum Gasteiger partial charge on any atom is 0.240 e. The van der Waals surface area contributed by atoms with E-state index in [1.807, 2.05) is 11.4 Å². The van der Waals surface area contributed by atoms with Crippen LogP contribution in [0.3, 0.4) is 0 Å². The largest absolute Gasteiger partial charge is 0.312 e. The van der Waals surface area contributed by atoms with Crippen LogP contribution in [0.4, 0.5) is 5.69 Å². The maximum absolute atomic E-state index is 13.1. The van der Waals surface area contributed by atoms with Gasteiger partial charge in [-0.2, -0.15) is 0 Å². The molecule has 2 aromatic rings. The molecule has 8 heteroatoms. The monoisotopic (exact) mass is 461 g/mol. The van der Waals surface area contributed by atoms with E-state index in [4.69, 9.17) is 0 Å². The molecule has 1 fully saturated rings. The first-order chi connectivity index (χ1) is 14.8. The third kappa shape index (κ3) is 5.03. The number of anilines is 1. The van der Waals surface area contributed by atoms with Crippen molar-refractivity contribution in [2.24, 2.45) is 5.92 Å². The first kappa shape index (κ1) is 22.5. The van der Waals surface area contributed by atoms with Crippen LogP contribution < -0.4 is 9.62 Å². The summed E-state index contributed by atoms with van der Waals surface area (Å²) in [4.78, 5) is 17.5. The van der Waals surface area contributed by atoms with Crippen LogP contribution in [0.25, 0.3) is 0 Å². The number of likely N-dealkylation sites (tertiary alicyclic amines) is 1. The van der Waals surface area contributed by atoms with Crippen LogP contribution in [0.2, 0.25) is 0 Å². The van der Waals surface area contributed by atoms with Crippen molar-refractivity contribution in [1.29, 1.82) is 0 Å². The number of nitrogens with zero attached hydrogens (tertiary/aromatic N) is 2. The number of amides is 1. The van der Waals surface area contributed by atoms with Gasteiger partial charge < -0.3 is 4.90 Å². The highest BCUT2D eigenvalue weighted by Gasteiger charge is 2.28. The molecule has 2 aliphatic rings. The number of rotatable bonds is 6. The molecule has 4 rings (SSSR count). The van der Waals surface area contributed by atoms with Gasteiger partial charge in [0.1, 0.15) is 0 Å². The highest BCUT2D eigenvalue weighted by molar-refractivity contribution is 7.89. The lowest BCUT2D eigenvalue weighted by Crippen LogP contribution is -2.41. The normalized spacial score (nSPS) is 19.2. The van der Waals surface area contributed by atoms with Gasteiger partial charge in [-0.15, -0.1) is 11.3 Å². The molecule has 1 saturated heterocycles. The number of sulfonamides is 1. The number of aryl methyl sites for hydroxylation is 1. The van der Waals surface area contributed by atoms with Crippen molar-refractivity contribution in [3.8, 4) is 0 Å². The SMILES string of the molecule is CC(=O)N1CCCc2cc(S(=O)(=O)NCC(c3cccs3)N3CCC(C)CC3)ccc21. The van der Waals surface area contributed by atoms with Crippen LogP contribution in [0.15, 0.2) is 40.6 Å². The highest BCUT2D eigenvalue weighted by atomic mass is 32.2. The zero-order chi connectivity index (χ0) is 22.0. The molecule has 31 heavy (non-hydrogen) atoms. The van der Waals surface area contributed by atoms with E-state index in [1.54, 1.807) is 41.4 Å². The van der Waals surface area contributed by atoms with Gasteiger partial charge in [0.2, 0.25) is 15.9 Å². The van der Waals surface area contributed by atoms with E-state index in [-0.39, 0.29) is 16.8 Å². The Morgan fingerprint density at radius 3 is 2.68 bits per heavy atom. The van der Waals surface area contributed by atoms with E-state index in [2.05, 4.69) is 22.6 Å². The Balaban J connectivity index is 1.52. The Morgan fingerprint density at radius 1 is 1.23 bits per heavy atom. The standard InChI is InChI=1S/C23H31N3O3S2/c1-17-9-12-25(13-10-17)22(23-6-4-14-30-23)16-24-31(28,29)20-7-8-21-19(15-20)5-3-11-26(21)18(2)27/h4,6-8,14-15,17,22,24H,3,5,9-13,16H2,1-2H3. The second-order valence-electron chi connectivity index (χ2n) is 8.67. The van der Waals surface area contributed by atoms with Gasteiger partial charge in [-0.1, -0.05) is 13.0 Å². The lowest BCUT2D eigenvalue weighted by Gasteiger charge is -2.36. The van der Waals surface area contributed by atoms with Gasteiger partial charge in [0.25, 0.3) is 0 Å². The highest BCUT2D eigenvalue weighted by Crippen LogP contribution is 2.31. The maximum atomic E-state index is 13.1. The summed E-state index contributed by atoms with van der Waals surface area (Å²) in [7, 11) is -3.64. The van der Waals surface area contributed by atoms with Crippen molar-refractivity contribution >= 4 is 33.0 Å². The van der Waals surface area contributed by atoms with Gasteiger partial charge in [0.05, 0.1) is 10.9 Å². The molecule has 1 amide bonds. The first-order valence-electron chi connectivity index (χ1n) is 11.0. The number of thiophene rings is 1. The van der Waals surface area contributed by atoms with Crippen LogP contribution in [0.1, 0.15) is 49.6 Å². The molecule has 1 aromatic heterocycles. The number of nitrogens with one attached hydrogen (secondary N) is 1. The Morgan fingerprint density at radius 2 is 2.00 bits per heavy atom. The van der Waals surface area contributed by atoms with E-state index in [0.717, 1.165) is 55.9 Å². The molecule has 1 unspecified atom stereocenters. The van der Waals surface area contributed by atoms with E-state index < -0.39 is 10.0 Å². The van der Waals surface area contributed by atoms with Crippen LogP contribution >= 0.6 is 11.3 Å². The van der Waals surface area contributed by atoms with Gasteiger partial charge in [0.15, 0.2) is 0 Å². The van der Waals surface area contributed by atoms with Gasteiger partial charge >= 0.3 is 0 Å². The fourth-order valence-corrected chi connectivity index (χ4v) is 6.52. The van der Waals surface area contributed by atoms with E-state index >= 15 is 0 Å². The summed E-state index contributed by atoms with van der Waals surface area (Å²) in [6.07, 6.45) is 3.92. The Hall–Kier alpha value is -1.74. The van der Waals surface area contributed by atoms with Crippen LogP contribution in [-0.2, 0) is 21.2 Å². The second kappa shape index (κ2) is 9.40. The molecule has 0 saturated carbocycles. The minimum atomic E-state index is -3.64. The van der Waals surface area contributed by atoms with Gasteiger partial charge in [-0.05, 0) is 79.9 Å². The number of carbonyl (C=O) groups is 1. The fourth-order valence-electron chi connectivity index (χ4n) is 4.57. The second-order valence-corrected chi connectivity index (χ2v) is 11.4. The molecule has 3 heterocycles. The lowest BCUT2D eigenvalue weighted by molar-refractivity contribution is -0.116. The molecule has 0 radical (unpaired) electrons. The summed E-state index contributed by atoms with van der Waals surface area (Å²) in [6, 6.07) is 9.29. The number of fused-ring (bicyclic) bond motifs is 1. The topological polar surface area (TPSA) is 69.7 Å². The summed E-state index contributed by atoms with van der Waals surface area (Å²) < 4.78 is 29.1. The molecule has 1 atom stereocenters. The fraction of sp³-hybridized carbons (Fsp3) is 0.522. The van der Waals surface area contributed by atoms with Crippen molar-refractivity contribution in [2.75, 3.05) is 31.1 Å². The first-order valence-corrected chi connectivity index (χ1v) is 13.4. The van der Waals surface area contributed by atoms with Gasteiger partial charge in [-0.3, -0.25) is 9.69 Å². The third-order valence-electron chi connectivity index (χ3n) is 6.46. The molecular formula is C23H31N3O3S2. The smallest absolute Gasteiger partial charge is 0.240 e. The summed E-state index contributed by atoms with van der Waals surface area (Å²) in [5.74, 6) is 0.714. The average molecular weight is 462 g/mol. The van der Waals surface area contributed by atoms with Crippen molar-refractivity contribution in [3.63, 3.8) is 0 Å². The number of piperidine rings is 1. The number of carbonyl (C=O) groups excluding carboxylic acids is 1. The Kier molecular flexibility index (Phi) is 6.81. The molecule has 6 nitrogen and oxygen atoms in total. The molecular weight excluding hydrogens is 430 g/mol. The van der Waals surface area contributed by atoms with Gasteiger partial charge in [-0.25, -0.2) is 13.1 Å². The molecule has 168 valence electrons. The van der Waals surface area contributed by atoms with Crippen molar-refractivity contribution in [1.82, 2.24) is 9.62 Å². The minimum absolute atomic E-state index is 0.00989.